The van der Waals surface area contributed by atoms with Crippen LogP contribution >= 0.6 is 0 Å². The maximum absolute atomic E-state index is 3.40. The molecule has 0 saturated carbocycles. The van der Waals surface area contributed by atoms with Crippen molar-refractivity contribution in [1.29, 1.82) is 0 Å². The third kappa shape index (κ3) is 1.37. The molecular weight excluding hydrogens is 146 g/mol. The van der Waals surface area contributed by atoms with Gasteiger partial charge in [0.05, 0.1) is 0 Å². The van der Waals surface area contributed by atoms with Crippen LogP contribution in [-0.2, 0) is 0 Å². The summed E-state index contributed by atoms with van der Waals surface area (Å²) in [7, 11) is 0. The maximum atomic E-state index is 3.40. The van der Waals surface area contributed by atoms with Crippen LogP contribution in [0.2, 0.25) is 0 Å². The van der Waals surface area contributed by atoms with Gasteiger partial charge in [0.1, 0.15) is 0 Å². The molecule has 1 N–H and O–H groups in total. The molecule has 0 aromatic heterocycles. The van der Waals surface area contributed by atoms with Crippen LogP contribution in [0.3, 0.4) is 0 Å². The lowest BCUT2D eigenvalue weighted by molar-refractivity contribution is 0.757. The van der Waals surface area contributed by atoms with E-state index in [1.165, 1.54) is 24.1 Å². The maximum Gasteiger partial charge on any atom is 0.00207 e. The standard InChI is InChI=1S/C11H15N/c1-9-4-2-3-5-11(9)10-6-7-12-8-10/h2-5,10,12H,6-8H2,1H3/t10-/m0/s1. The zero-order valence-electron chi connectivity index (χ0n) is 7.51. The molecule has 64 valence electrons. The molecule has 1 nitrogen and oxygen atoms in total. The third-order valence-electron chi connectivity index (χ3n) is 2.69. The molecule has 0 amide bonds. The van der Waals surface area contributed by atoms with Crippen LogP contribution in [0.1, 0.15) is 23.5 Å². The van der Waals surface area contributed by atoms with E-state index < -0.39 is 0 Å². The van der Waals surface area contributed by atoms with Crippen molar-refractivity contribution in [3.63, 3.8) is 0 Å². The van der Waals surface area contributed by atoms with E-state index in [0.29, 0.717) is 0 Å². The van der Waals surface area contributed by atoms with E-state index in [1.54, 1.807) is 0 Å². The monoisotopic (exact) mass is 161 g/mol. The Kier molecular flexibility index (Phi) is 2.13. The van der Waals surface area contributed by atoms with Crippen molar-refractivity contribution in [2.75, 3.05) is 13.1 Å². The van der Waals surface area contributed by atoms with Gasteiger partial charge in [0.2, 0.25) is 0 Å². The van der Waals surface area contributed by atoms with Crippen molar-refractivity contribution in [1.82, 2.24) is 5.32 Å². The minimum Gasteiger partial charge on any atom is -0.316 e. The molecule has 0 aliphatic carbocycles. The molecule has 1 saturated heterocycles. The Bertz CT molecular complexity index is 261. The first-order valence-corrected chi connectivity index (χ1v) is 4.64. The molecular formula is C11H15N. The van der Waals surface area contributed by atoms with Gasteiger partial charge in [-0.15, -0.1) is 0 Å². The molecule has 1 aliphatic heterocycles. The van der Waals surface area contributed by atoms with E-state index >= 15 is 0 Å². The van der Waals surface area contributed by atoms with Crippen molar-refractivity contribution in [2.24, 2.45) is 0 Å². The van der Waals surface area contributed by atoms with Crippen molar-refractivity contribution in [3.05, 3.63) is 35.4 Å². The highest BCUT2D eigenvalue weighted by Gasteiger charge is 2.17. The Hall–Kier alpha value is -0.820. The summed E-state index contributed by atoms with van der Waals surface area (Å²) in [6.07, 6.45) is 1.30. The summed E-state index contributed by atoms with van der Waals surface area (Å²) in [5, 5.41) is 3.40. The van der Waals surface area contributed by atoms with Gasteiger partial charge >= 0.3 is 0 Å². The van der Waals surface area contributed by atoms with E-state index in [4.69, 9.17) is 0 Å². The summed E-state index contributed by atoms with van der Waals surface area (Å²) in [6, 6.07) is 8.71. The number of hydrogen-bond acceptors (Lipinski definition) is 1. The first-order valence-electron chi connectivity index (χ1n) is 4.64. The predicted octanol–water partition coefficient (Wildman–Crippen LogP) is 2.07. The van der Waals surface area contributed by atoms with E-state index in [1.807, 2.05) is 0 Å². The number of benzene rings is 1. The van der Waals surface area contributed by atoms with E-state index in [0.717, 1.165) is 12.5 Å². The Labute approximate surface area is 73.8 Å². The average molecular weight is 161 g/mol. The van der Waals surface area contributed by atoms with Gasteiger partial charge in [0, 0.05) is 6.54 Å². The Morgan fingerprint density at radius 1 is 1.33 bits per heavy atom. The van der Waals surface area contributed by atoms with Crippen molar-refractivity contribution < 1.29 is 0 Å². The second-order valence-electron chi connectivity index (χ2n) is 3.55. The van der Waals surface area contributed by atoms with Crippen LogP contribution in [-0.4, -0.2) is 13.1 Å². The second-order valence-corrected chi connectivity index (χ2v) is 3.55. The highest BCUT2D eigenvalue weighted by atomic mass is 14.9. The van der Waals surface area contributed by atoms with Crippen LogP contribution < -0.4 is 5.32 Å². The minimum absolute atomic E-state index is 0.756. The molecule has 1 aromatic rings. The molecule has 0 radical (unpaired) electrons. The van der Waals surface area contributed by atoms with E-state index in [-0.39, 0.29) is 0 Å². The molecule has 1 aliphatic rings. The fraction of sp³-hybridized carbons (Fsp3) is 0.455. The van der Waals surface area contributed by atoms with Gasteiger partial charge in [-0.1, -0.05) is 24.3 Å². The van der Waals surface area contributed by atoms with Gasteiger partial charge in [-0.3, -0.25) is 0 Å². The lowest BCUT2D eigenvalue weighted by Crippen LogP contribution is -2.08. The van der Waals surface area contributed by atoms with Gasteiger partial charge in [-0.05, 0) is 36.9 Å². The summed E-state index contributed by atoms with van der Waals surface area (Å²) in [5.74, 6) is 0.756. The largest absolute Gasteiger partial charge is 0.316 e. The smallest absolute Gasteiger partial charge is 0.00207 e. The summed E-state index contributed by atoms with van der Waals surface area (Å²) < 4.78 is 0. The first-order chi connectivity index (χ1) is 5.88. The molecule has 1 fully saturated rings. The SMILES string of the molecule is Cc1ccccc1[C@H]1CCNC1. The van der Waals surface area contributed by atoms with Gasteiger partial charge in [-0.2, -0.15) is 0 Å². The lowest BCUT2D eigenvalue weighted by Gasteiger charge is -2.11. The van der Waals surface area contributed by atoms with Crippen LogP contribution in [0.15, 0.2) is 24.3 Å². The van der Waals surface area contributed by atoms with Gasteiger partial charge in [0.25, 0.3) is 0 Å². The molecule has 0 bridgehead atoms. The van der Waals surface area contributed by atoms with Crippen LogP contribution in [0.25, 0.3) is 0 Å². The lowest BCUT2D eigenvalue weighted by atomic mass is 9.94. The highest BCUT2D eigenvalue weighted by Crippen LogP contribution is 2.24. The Balaban J connectivity index is 2.26. The first kappa shape index (κ1) is 7.81. The predicted molar refractivity (Wildman–Crippen MR) is 51.4 cm³/mol. The quantitative estimate of drug-likeness (QED) is 0.665. The molecule has 1 aromatic carbocycles. The topological polar surface area (TPSA) is 12.0 Å². The number of rotatable bonds is 1. The molecule has 1 heteroatoms. The van der Waals surface area contributed by atoms with E-state index in [2.05, 4.69) is 36.5 Å². The van der Waals surface area contributed by atoms with Crippen LogP contribution in [0, 0.1) is 6.92 Å². The number of nitrogens with one attached hydrogen (secondary N) is 1. The third-order valence-corrected chi connectivity index (χ3v) is 2.69. The molecule has 1 heterocycles. The summed E-state index contributed by atoms with van der Waals surface area (Å²) in [5.41, 5.74) is 2.97. The fourth-order valence-electron chi connectivity index (χ4n) is 1.96. The Morgan fingerprint density at radius 3 is 2.83 bits per heavy atom. The van der Waals surface area contributed by atoms with Crippen molar-refractivity contribution in [2.45, 2.75) is 19.3 Å². The summed E-state index contributed by atoms with van der Waals surface area (Å²) >= 11 is 0. The van der Waals surface area contributed by atoms with Crippen LogP contribution in [0.4, 0.5) is 0 Å². The molecule has 2 rings (SSSR count). The normalized spacial score (nSPS) is 22.9. The van der Waals surface area contributed by atoms with Gasteiger partial charge in [-0.25, -0.2) is 0 Å². The number of aryl methyl sites for hydroxylation is 1. The Morgan fingerprint density at radius 2 is 2.17 bits per heavy atom. The molecule has 0 unspecified atom stereocenters. The average Bonchev–Trinajstić information content (AvgIpc) is 2.57. The molecule has 0 spiro atoms. The number of hydrogen-bond donors (Lipinski definition) is 1. The second kappa shape index (κ2) is 3.28. The highest BCUT2D eigenvalue weighted by molar-refractivity contribution is 5.30. The molecule has 1 atom stereocenters. The van der Waals surface area contributed by atoms with E-state index in [9.17, 15) is 0 Å². The van der Waals surface area contributed by atoms with Crippen molar-refractivity contribution in [3.8, 4) is 0 Å². The van der Waals surface area contributed by atoms with Gasteiger partial charge in [0.15, 0.2) is 0 Å². The zero-order valence-corrected chi connectivity index (χ0v) is 7.51. The fourth-order valence-corrected chi connectivity index (χ4v) is 1.96. The summed E-state index contributed by atoms with van der Waals surface area (Å²) in [6.45, 7) is 4.54. The van der Waals surface area contributed by atoms with Crippen molar-refractivity contribution >= 4 is 0 Å². The summed E-state index contributed by atoms with van der Waals surface area (Å²) in [4.78, 5) is 0. The zero-order chi connectivity index (χ0) is 8.39. The minimum atomic E-state index is 0.756. The van der Waals surface area contributed by atoms with Gasteiger partial charge < -0.3 is 5.32 Å². The van der Waals surface area contributed by atoms with Crippen LogP contribution in [0.5, 0.6) is 0 Å². The molecule has 12 heavy (non-hydrogen) atoms.